The number of benzene rings is 1. The zero-order valence-electron chi connectivity index (χ0n) is 15.3. The maximum absolute atomic E-state index is 15.6. The van der Waals surface area contributed by atoms with Gasteiger partial charge in [0.05, 0.1) is 17.0 Å². The van der Waals surface area contributed by atoms with Crippen molar-refractivity contribution in [2.45, 2.75) is 38.3 Å². The first kappa shape index (κ1) is 17.6. The molecule has 0 amide bonds. The standard InChI is InChI=1S/C20H20F2N2O4/c1-8-14-17(24(10-2-3-10)7-12(19(14)26)20(27)28)16(22)18(15(8)21)23-5-9-4-13(25)11(9)6-23/h7,9-11,13,25H,2-6H2,1H3,(H,27,28). The number of hydrogen-bond donors (Lipinski definition) is 2. The predicted octanol–water partition coefficient (Wildman–Crippen LogP) is 2.44. The Morgan fingerprint density at radius 1 is 1.21 bits per heavy atom. The van der Waals surface area contributed by atoms with Gasteiger partial charge in [-0.2, -0.15) is 0 Å². The smallest absolute Gasteiger partial charge is 0.341 e. The topological polar surface area (TPSA) is 82.8 Å². The summed E-state index contributed by atoms with van der Waals surface area (Å²) in [4.78, 5) is 25.8. The van der Waals surface area contributed by atoms with E-state index in [2.05, 4.69) is 0 Å². The molecule has 0 bridgehead atoms. The van der Waals surface area contributed by atoms with Crippen LogP contribution in [0.25, 0.3) is 10.9 Å². The van der Waals surface area contributed by atoms with Crippen molar-refractivity contribution in [3.63, 3.8) is 0 Å². The van der Waals surface area contributed by atoms with Gasteiger partial charge in [-0.05, 0) is 32.1 Å². The largest absolute Gasteiger partial charge is 0.477 e. The van der Waals surface area contributed by atoms with Crippen LogP contribution in [0.2, 0.25) is 0 Å². The first-order valence-electron chi connectivity index (χ1n) is 9.52. The number of aromatic nitrogens is 1. The van der Waals surface area contributed by atoms with Crippen molar-refractivity contribution in [2.24, 2.45) is 11.8 Å². The third-order valence-electron chi connectivity index (χ3n) is 6.58. The van der Waals surface area contributed by atoms with E-state index in [4.69, 9.17) is 0 Å². The molecular weight excluding hydrogens is 370 g/mol. The van der Waals surface area contributed by atoms with E-state index in [1.54, 1.807) is 4.90 Å². The predicted molar refractivity (Wildman–Crippen MR) is 97.9 cm³/mol. The van der Waals surface area contributed by atoms with Crippen LogP contribution in [-0.4, -0.2) is 39.9 Å². The highest BCUT2D eigenvalue weighted by Crippen LogP contribution is 2.46. The molecule has 2 heterocycles. The second-order valence-corrected chi connectivity index (χ2v) is 8.27. The molecule has 3 fully saturated rings. The molecule has 6 nitrogen and oxygen atoms in total. The molecule has 28 heavy (non-hydrogen) atoms. The van der Waals surface area contributed by atoms with Gasteiger partial charge in [-0.1, -0.05) is 0 Å². The van der Waals surface area contributed by atoms with Gasteiger partial charge >= 0.3 is 5.97 Å². The van der Waals surface area contributed by atoms with Gasteiger partial charge in [0, 0.05) is 36.8 Å². The highest BCUT2D eigenvalue weighted by atomic mass is 19.1. The third-order valence-corrected chi connectivity index (χ3v) is 6.58. The summed E-state index contributed by atoms with van der Waals surface area (Å²) in [6, 6.07) is -0.0926. The molecule has 3 unspecified atom stereocenters. The summed E-state index contributed by atoms with van der Waals surface area (Å²) in [7, 11) is 0. The van der Waals surface area contributed by atoms with Crippen LogP contribution in [0.5, 0.6) is 0 Å². The van der Waals surface area contributed by atoms with Gasteiger partial charge in [0.25, 0.3) is 0 Å². The molecule has 1 aromatic heterocycles. The van der Waals surface area contributed by atoms with E-state index >= 15 is 8.78 Å². The minimum absolute atomic E-state index is 0.00909. The summed E-state index contributed by atoms with van der Waals surface area (Å²) in [6.45, 7) is 2.22. The molecule has 8 heteroatoms. The number of halogens is 2. The summed E-state index contributed by atoms with van der Waals surface area (Å²) >= 11 is 0. The zero-order chi connectivity index (χ0) is 19.9. The average molecular weight is 390 g/mol. The Kier molecular flexibility index (Phi) is 3.62. The number of hydrogen-bond acceptors (Lipinski definition) is 4. The van der Waals surface area contributed by atoms with E-state index in [0.717, 1.165) is 12.8 Å². The number of aliphatic hydroxyl groups is 1. The van der Waals surface area contributed by atoms with Gasteiger partial charge in [-0.3, -0.25) is 4.79 Å². The van der Waals surface area contributed by atoms with E-state index < -0.39 is 34.7 Å². The normalized spacial score (nSPS) is 26.4. The number of nitrogens with zero attached hydrogens (tertiary/aromatic N) is 2. The SMILES string of the molecule is Cc1c(F)c(N2CC3CC(O)C3C2)c(F)c2c1c(=O)c(C(=O)O)cn2C1CC1. The highest BCUT2D eigenvalue weighted by Gasteiger charge is 2.47. The molecular formula is C20H20F2N2O4. The van der Waals surface area contributed by atoms with Gasteiger partial charge in [0.15, 0.2) is 11.6 Å². The lowest BCUT2D eigenvalue weighted by Gasteiger charge is -2.34. The van der Waals surface area contributed by atoms with E-state index in [9.17, 15) is 19.8 Å². The maximum Gasteiger partial charge on any atom is 0.341 e. The molecule has 2 N–H and O–H groups in total. The van der Waals surface area contributed by atoms with Crippen LogP contribution in [0.4, 0.5) is 14.5 Å². The Balaban J connectivity index is 1.78. The highest BCUT2D eigenvalue weighted by molar-refractivity contribution is 5.95. The van der Waals surface area contributed by atoms with Gasteiger partial charge in [0.2, 0.25) is 5.43 Å². The van der Waals surface area contributed by atoms with Crippen molar-refractivity contribution in [1.82, 2.24) is 4.57 Å². The molecule has 148 valence electrons. The third kappa shape index (κ3) is 2.27. The number of aryl methyl sites for hydroxylation is 1. The second-order valence-electron chi connectivity index (χ2n) is 8.27. The molecule has 5 rings (SSSR count). The Morgan fingerprint density at radius 3 is 2.50 bits per heavy atom. The van der Waals surface area contributed by atoms with E-state index in [-0.39, 0.29) is 40.0 Å². The Labute approximate surface area is 159 Å². The van der Waals surface area contributed by atoms with Gasteiger partial charge in [-0.25, -0.2) is 13.6 Å². The zero-order valence-corrected chi connectivity index (χ0v) is 15.3. The molecule has 2 aromatic rings. The molecule has 1 aliphatic heterocycles. The number of carboxylic acids is 1. The minimum atomic E-state index is -1.41. The Bertz CT molecular complexity index is 1090. The van der Waals surface area contributed by atoms with Crippen LogP contribution in [-0.2, 0) is 0 Å². The molecule has 2 aliphatic carbocycles. The molecule has 1 saturated heterocycles. The Hall–Kier alpha value is -2.48. The summed E-state index contributed by atoms with van der Waals surface area (Å²) in [6.07, 6.45) is 2.88. The first-order valence-corrected chi connectivity index (χ1v) is 9.52. The monoisotopic (exact) mass is 390 g/mol. The van der Waals surface area contributed by atoms with Crippen LogP contribution >= 0.6 is 0 Å². The molecule has 1 aromatic carbocycles. The first-order chi connectivity index (χ1) is 13.3. The fourth-order valence-corrected chi connectivity index (χ4v) is 4.82. The number of carboxylic acid groups (broad SMARTS) is 1. The van der Waals surface area contributed by atoms with Crippen molar-refractivity contribution in [3.05, 3.63) is 39.2 Å². The number of carbonyl (C=O) groups is 1. The minimum Gasteiger partial charge on any atom is -0.477 e. The number of aliphatic hydroxyl groups excluding tert-OH is 1. The lowest BCUT2D eigenvalue weighted by molar-refractivity contribution is -0.00399. The van der Waals surface area contributed by atoms with E-state index in [1.165, 1.54) is 17.7 Å². The van der Waals surface area contributed by atoms with E-state index in [1.807, 2.05) is 0 Å². The second kappa shape index (κ2) is 5.76. The van der Waals surface area contributed by atoms with Crippen LogP contribution in [0, 0.1) is 30.4 Å². The van der Waals surface area contributed by atoms with Gasteiger partial charge in [-0.15, -0.1) is 0 Å². The number of rotatable bonds is 3. The molecule has 3 aliphatic rings. The summed E-state index contributed by atoms with van der Waals surface area (Å²) in [5.41, 5.74) is -1.57. The summed E-state index contributed by atoms with van der Waals surface area (Å²) < 4.78 is 32.4. The fraction of sp³-hybridized carbons (Fsp3) is 0.500. The number of anilines is 1. The Morgan fingerprint density at radius 2 is 1.93 bits per heavy atom. The molecule has 0 spiro atoms. The van der Waals surface area contributed by atoms with Crippen LogP contribution in [0.1, 0.15) is 41.2 Å². The van der Waals surface area contributed by atoms with Crippen molar-refractivity contribution >= 4 is 22.6 Å². The van der Waals surface area contributed by atoms with Crippen molar-refractivity contribution in [2.75, 3.05) is 18.0 Å². The fourth-order valence-electron chi connectivity index (χ4n) is 4.82. The average Bonchev–Trinajstić information content (AvgIpc) is 3.42. The van der Waals surface area contributed by atoms with Gasteiger partial charge in [0.1, 0.15) is 11.3 Å². The lowest BCUT2D eigenvalue weighted by Crippen LogP contribution is -2.39. The van der Waals surface area contributed by atoms with Crippen LogP contribution in [0.15, 0.2) is 11.0 Å². The number of fused-ring (bicyclic) bond motifs is 2. The summed E-state index contributed by atoms with van der Waals surface area (Å²) in [5, 5.41) is 19.0. The molecule has 3 atom stereocenters. The lowest BCUT2D eigenvalue weighted by atomic mass is 9.74. The molecule has 2 saturated carbocycles. The van der Waals surface area contributed by atoms with Crippen molar-refractivity contribution in [1.29, 1.82) is 0 Å². The van der Waals surface area contributed by atoms with Crippen LogP contribution < -0.4 is 10.3 Å². The quantitative estimate of drug-likeness (QED) is 0.841. The summed E-state index contributed by atoms with van der Waals surface area (Å²) in [5.74, 6) is -2.84. The van der Waals surface area contributed by atoms with E-state index in [0.29, 0.717) is 19.5 Å². The maximum atomic E-state index is 15.6. The van der Waals surface area contributed by atoms with Gasteiger partial charge < -0.3 is 19.7 Å². The molecule has 0 radical (unpaired) electrons. The van der Waals surface area contributed by atoms with Crippen molar-refractivity contribution < 1.29 is 23.8 Å². The number of pyridine rings is 1. The van der Waals surface area contributed by atoms with Crippen LogP contribution in [0.3, 0.4) is 0 Å². The number of aromatic carboxylic acids is 1. The van der Waals surface area contributed by atoms with Crippen molar-refractivity contribution in [3.8, 4) is 0 Å².